The molecule has 40 heavy (non-hydrogen) atoms. The molecule has 5 aromatic rings. The summed E-state index contributed by atoms with van der Waals surface area (Å²) in [6, 6.07) is 27.6. The molecule has 6 nitrogen and oxygen atoms in total. The highest BCUT2D eigenvalue weighted by Crippen LogP contribution is 2.31. The van der Waals surface area contributed by atoms with Crippen LogP contribution in [0.1, 0.15) is 42.3 Å². The third-order valence-electron chi connectivity index (χ3n) is 7.37. The number of carbonyl (C=O) groups excluding carboxylic acids is 1. The Kier molecular flexibility index (Phi) is 6.82. The summed E-state index contributed by atoms with van der Waals surface area (Å²) in [6.07, 6.45) is 1.98. The van der Waals surface area contributed by atoms with Crippen LogP contribution in [0.15, 0.2) is 106 Å². The van der Waals surface area contributed by atoms with Gasteiger partial charge < -0.3 is 9.30 Å². The van der Waals surface area contributed by atoms with Crippen molar-refractivity contribution in [2.45, 2.75) is 33.4 Å². The van der Waals surface area contributed by atoms with E-state index in [9.17, 15) is 9.59 Å². The number of nitrogens with zero attached hydrogens (tertiary/aromatic N) is 3. The second-order valence-corrected chi connectivity index (χ2v) is 10.8. The Labute approximate surface area is 235 Å². The average molecular weight is 548 g/mol. The van der Waals surface area contributed by atoms with Gasteiger partial charge in [-0.2, -0.15) is 0 Å². The van der Waals surface area contributed by atoms with Gasteiger partial charge in [0, 0.05) is 28.7 Å². The highest BCUT2D eigenvalue weighted by molar-refractivity contribution is 7.07. The maximum atomic E-state index is 14.1. The number of hydrogen-bond donors (Lipinski definition) is 0. The third kappa shape index (κ3) is 4.42. The molecule has 0 N–H and O–H groups in total. The molecule has 1 aliphatic rings. The largest absolute Gasteiger partial charge is 0.463 e. The molecule has 0 saturated carbocycles. The summed E-state index contributed by atoms with van der Waals surface area (Å²) in [5, 5.41) is 1.09. The molecule has 6 rings (SSSR count). The Morgan fingerprint density at radius 1 is 0.975 bits per heavy atom. The molecule has 0 amide bonds. The Morgan fingerprint density at radius 2 is 1.65 bits per heavy atom. The Hall–Kier alpha value is -4.49. The molecule has 0 unspecified atom stereocenters. The number of allylic oxidation sites excluding steroid dienone is 1. The first-order valence-corrected chi connectivity index (χ1v) is 14.2. The highest BCUT2D eigenvalue weighted by Gasteiger charge is 2.33. The second kappa shape index (κ2) is 10.6. The van der Waals surface area contributed by atoms with Gasteiger partial charge in [0.1, 0.15) is 0 Å². The quantitative estimate of drug-likeness (QED) is 0.278. The van der Waals surface area contributed by atoms with Crippen molar-refractivity contribution >= 4 is 34.3 Å². The molecule has 0 spiro atoms. The number of esters is 1. The van der Waals surface area contributed by atoms with Crippen LogP contribution in [0.3, 0.4) is 0 Å². The van der Waals surface area contributed by atoms with Crippen molar-refractivity contribution in [2.75, 3.05) is 6.61 Å². The van der Waals surface area contributed by atoms with E-state index in [2.05, 4.69) is 35.8 Å². The van der Waals surface area contributed by atoms with E-state index in [0.29, 0.717) is 20.6 Å². The van der Waals surface area contributed by atoms with Crippen LogP contribution < -0.4 is 14.9 Å². The minimum absolute atomic E-state index is 0.175. The number of fused-ring (bicyclic) bond motifs is 2. The first-order valence-electron chi connectivity index (χ1n) is 13.3. The van der Waals surface area contributed by atoms with Crippen LogP contribution in [0.5, 0.6) is 0 Å². The van der Waals surface area contributed by atoms with Crippen LogP contribution in [0.4, 0.5) is 0 Å². The van der Waals surface area contributed by atoms with Gasteiger partial charge in [-0.1, -0.05) is 90.2 Å². The van der Waals surface area contributed by atoms with E-state index < -0.39 is 12.0 Å². The Bertz CT molecular complexity index is 1950. The van der Waals surface area contributed by atoms with E-state index in [0.717, 1.165) is 34.3 Å². The van der Waals surface area contributed by atoms with Crippen LogP contribution >= 0.6 is 11.3 Å². The van der Waals surface area contributed by atoms with E-state index >= 15 is 0 Å². The van der Waals surface area contributed by atoms with Crippen molar-refractivity contribution in [3.63, 3.8) is 0 Å². The molecule has 1 atom stereocenters. The van der Waals surface area contributed by atoms with E-state index in [1.807, 2.05) is 66.7 Å². The van der Waals surface area contributed by atoms with E-state index in [1.54, 1.807) is 18.4 Å². The summed E-state index contributed by atoms with van der Waals surface area (Å²) in [5.41, 5.74) is 6.04. The molecule has 200 valence electrons. The van der Waals surface area contributed by atoms with Crippen molar-refractivity contribution in [2.24, 2.45) is 4.99 Å². The zero-order valence-corrected chi connectivity index (χ0v) is 23.4. The summed E-state index contributed by atoms with van der Waals surface area (Å²) in [7, 11) is 0. The molecular weight excluding hydrogens is 518 g/mol. The third-order valence-corrected chi connectivity index (χ3v) is 8.35. The second-order valence-electron chi connectivity index (χ2n) is 9.80. The summed E-state index contributed by atoms with van der Waals surface area (Å²) in [6.45, 7) is 6.66. The van der Waals surface area contributed by atoms with Crippen molar-refractivity contribution in [1.29, 1.82) is 0 Å². The van der Waals surface area contributed by atoms with Crippen LogP contribution in [-0.2, 0) is 16.1 Å². The van der Waals surface area contributed by atoms with Crippen molar-refractivity contribution < 1.29 is 9.53 Å². The molecular formula is C33H29N3O3S. The topological polar surface area (TPSA) is 65.6 Å². The number of benzene rings is 3. The molecule has 7 heteroatoms. The zero-order valence-electron chi connectivity index (χ0n) is 22.6. The van der Waals surface area contributed by atoms with Gasteiger partial charge in [0.2, 0.25) is 0 Å². The predicted octanol–water partition coefficient (Wildman–Crippen LogP) is 5.11. The number of thiazole rings is 1. The summed E-state index contributed by atoms with van der Waals surface area (Å²) < 4.78 is 9.91. The van der Waals surface area contributed by atoms with E-state index in [1.165, 1.54) is 16.9 Å². The van der Waals surface area contributed by atoms with Gasteiger partial charge in [0.05, 0.1) is 28.5 Å². The summed E-state index contributed by atoms with van der Waals surface area (Å²) in [5.74, 6) is -0.452. The standard InChI is InChI=1S/C33H29N3O3S/c1-4-39-32(38)29-21(2)34-33-36(30(29)24-15-9-6-10-16-24)31(37)28(40-33)19-26-22(3)35(20-23-13-7-5-8-14-23)27-18-12-11-17-25(26)27/h5-19,30H,4,20H2,1-3H3/b28-19-/t30-/m0/s1. The monoisotopic (exact) mass is 547 g/mol. The van der Waals surface area contributed by atoms with Crippen LogP contribution in [0, 0.1) is 6.92 Å². The molecule has 3 aromatic carbocycles. The van der Waals surface area contributed by atoms with Crippen molar-refractivity contribution in [1.82, 2.24) is 9.13 Å². The Balaban J connectivity index is 1.55. The lowest BCUT2D eigenvalue weighted by Crippen LogP contribution is -2.39. The minimum Gasteiger partial charge on any atom is -0.463 e. The van der Waals surface area contributed by atoms with Gasteiger partial charge in [0.25, 0.3) is 5.56 Å². The molecule has 0 radical (unpaired) electrons. The fourth-order valence-corrected chi connectivity index (χ4v) is 6.51. The van der Waals surface area contributed by atoms with Crippen LogP contribution in [0.2, 0.25) is 0 Å². The molecule has 0 aliphatic carbocycles. The zero-order chi connectivity index (χ0) is 27.8. The first-order chi connectivity index (χ1) is 19.5. The van der Waals surface area contributed by atoms with E-state index in [4.69, 9.17) is 9.73 Å². The van der Waals surface area contributed by atoms with Crippen molar-refractivity contribution in [3.8, 4) is 0 Å². The molecule has 0 saturated heterocycles. The fourth-order valence-electron chi connectivity index (χ4n) is 5.48. The number of rotatable bonds is 6. The highest BCUT2D eigenvalue weighted by atomic mass is 32.1. The summed E-state index contributed by atoms with van der Waals surface area (Å²) >= 11 is 1.35. The number of hydrogen-bond acceptors (Lipinski definition) is 5. The maximum Gasteiger partial charge on any atom is 0.338 e. The van der Waals surface area contributed by atoms with Gasteiger partial charge in [-0.15, -0.1) is 0 Å². The molecule has 3 heterocycles. The predicted molar refractivity (Wildman–Crippen MR) is 159 cm³/mol. The van der Waals surface area contributed by atoms with Gasteiger partial charge in [-0.3, -0.25) is 9.36 Å². The molecule has 0 fully saturated rings. The number of carbonyl (C=O) groups is 1. The smallest absolute Gasteiger partial charge is 0.338 e. The Morgan fingerprint density at radius 3 is 2.38 bits per heavy atom. The van der Waals surface area contributed by atoms with Gasteiger partial charge >= 0.3 is 5.97 Å². The lowest BCUT2D eigenvalue weighted by atomic mass is 9.96. The number of para-hydroxylation sites is 1. The average Bonchev–Trinajstić information content (AvgIpc) is 3.42. The van der Waals surface area contributed by atoms with Gasteiger partial charge in [-0.05, 0) is 44.0 Å². The normalized spacial score (nSPS) is 15.3. The molecule has 0 bridgehead atoms. The molecule has 2 aromatic heterocycles. The van der Waals surface area contributed by atoms with Gasteiger partial charge in [-0.25, -0.2) is 9.79 Å². The number of aromatic nitrogens is 2. The lowest BCUT2D eigenvalue weighted by molar-refractivity contribution is -0.139. The number of ether oxygens (including phenoxy) is 1. The molecule has 1 aliphatic heterocycles. The minimum atomic E-state index is -0.612. The van der Waals surface area contributed by atoms with Crippen LogP contribution in [0.25, 0.3) is 17.0 Å². The summed E-state index contributed by atoms with van der Waals surface area (Å²) in [4.78, 5) is 32.5. The fraction of sp³-hybridized carbons (Fsp3) is 0.182. The SMILES string of the molecule is CCOC(=O)C1=C(C)N=c2s/c(=C\c3c(C)n(Cc4ccccc4)c4ccccc34)c(=O)n2[C@H]1c1ccccc1. The lowest BCUT2D eigenvalue weighted by Gasteiger charge is -2.24. The van der Waals surface area contributed by atoms with E-state index in [-0.39, 0.29) is 12.2 Å². The first kappa shape index (κ1) is 25.8. The van der Waals surface area contributed by atoms with Crippen LogP contribution in [-0.4, -0.2) is 21.7 Å². The van der Waals surface area contributed by atoms with Gasteiger partial charge in [0.15, 0.2) is 4.80 Å². The maximum absolute atomic E-state index is 14.1. The van der Waals surface area contributed by atoms with Crippen molar-refractivity contribution in [3.05, 3.63) is 138 Å².